The molecule has 0 bridgehead atoms. The highest BCUT2D eigenvalue weighted by atomic mass is 19.1. The molecule has 0 aliphatic rings. The molecule has 0 radical (unpaired) electrons. The van der Waals surface area contributed by atoms with Crippen LogP contribution in [0, 0.1) is 5.82 Å². The van der Waals surface area contributed by atoms with Crippen molar-refractivity contribution in [2.24, 2.45) is 0 Å². The van der Waals surface area contributed by atoms with Crippen molar-refractivity contribution in [3.8, 4) is 0 Å². The van der Waals surface area contributed by atoms with Gasteiger partial charge in [-0.1, -0.05) is 0 Å². The molecule has 0 unspecified atom stereocenters. The third kappa shape index (κ3) is 1.17. The van der Waals surface area contributed by atoms with E-state index in [0.717, 1.165) is 27.6 Å². The average molecular weight is 237 g/mol. The van der Waals surface area contributed by atoms with Crippen molar-refractivity contribution < 1.29 is 4.39 Å². The normalized spacial score (nSPS) is 11.6. The minimum Gasteiger partial charge on any atom is -0.278 e. The smallest absolute Gasteiger partial charge is 0.147 e. The summed E-state index contributed by atoms with van der Waals surface area (Å²) < 4.78 is 15.3. The molecular formula is C14H8FN3. The molecule has 0 saturated carbocycles. The number of pyridine rings is 1. The van der Waals surface area contributed by atoms with Gasteiger partial charge in [0.15, 0.2) is 0 Å². The number of hydrogen-bond donors (Lipinski definition) is 0. The van der Waals surface area contributed by atoms with Gasteiger partial charge in [-0.2, -0.15) is 0 Å². The van der Waals surface area contributed by atoms with Crippen LogP contribution in [0.1, 0.15) is 0 Å². The van der Waals surface area contributed by atoms with Gasteiger partial charge in [0.2, 0.25) is 0 Å². The van der Waals surface area contributed by atoms with Crippen molar-refractivity contribution >= 4 is 27.6 Å². The summed E-state index contributed by atoms with van der Waals surface area (Å²) in [4.78, 5) is 8.74. The second-order valence-electron chi connectivity index (χ2n) is 4.22. The number of aromatic nitrogens is 3. The van der Waals surface area contributed by atoms with Crippen molar-refractivity contribution in [2.45, 2.75) is 0 Å². The largest absolute Gasteiger partial charge is 0.278 e. The van der Waals surface area contributed by atoms with E-state index in [1.54, 1.807) is 18.5 Å². The molecule has 0 aliphatic heterocycles. The number of halogens is 1. The summed E-state index contributed by atoms with van der Waals surface area (Å²) in [7, 11) is 0. The van der Waals surface area contributed by atoms with Crippen LogP contribution in [0.25, 0.3) is 27.6 Å². The van der Waals surface area contributed by atoms with Crippen molar-refractivity contribution in [1.29, 1.82) is 0 Å². The molecule has 0 aliphatic carbocycles. The van der Waals surface area contributed by atoms with Gasteiger partial charge < -0.3 is 0 Å². The van der Waals surface area contributed by atoms with E-state index in [4.69, 9.17) is 0 Å². The van der Waals surface area contributed by atoms with Crippen LogP contribution < -0.4 is 0 Å². The van der Waals surface area contributed by atoms with Crippen molar-refractivity contribution in [2.75, 3.05) is 0 Å². The van der Waals surface area contributed by atoms with Gasteiger partial charge in [0, 0.05) is 23.2 Å². The monoisotopic (exact) mass is 237 g/mol. The van der Waals surface area contributed by atoms with Gasteiger partial charge in [0.05, 0.1) is 5.52 Å². The van der Waals surface area contributed by atoms with Crippen LogP contribution in [0.15, 0.2) is 48.8 Å². The van der Waals surface area contributed by atoms with Gasteiger partial charge in [-0.15, -0.1) is 0 Å². The second kappa shape index (κ2) is 3.26. The SMILES string of the molecule is Fc1ccc2cc3ncc4cccnc4n3c2c1. The van der Waals surface area contributed by atoms with Gasteiger partial charge in [-0.3, -0.25) is 4.40 Å². The zero-order valence-corrected chi connectivity index (χ0v) is 9.34. The molecule has 0 atom stereocenters. The molecule has 3 aromatic heterocycles. The zero-order chi connectivity index (χ0) is 12.1. The molecule has 0 fully saturated rings. The van der Waals surface area contributed by atoms with Crippen LogP contribution >= 0.6 is 0 Å². The molecular weight excluding hydrogens is 229 g/mol. The van der Waals surface area contributed by atoms with E-state index in [9.17, 15) is 4.39 Å². The highest BCUT2D eigenvalue weighted by Gasteiger charge is 2.08. The topological polar surface area (TPSA) is 30.2 Å². The zero-order valence-electron chi connectivity index (χ0n) is 9.34. The highest BCUT2D eigenvalue weighted by molar-refractivity contribution is 5.91. The standard InChI is InChI=1S/C14H8FN3/c15-11-4-3-9-6-13-17-8-10-2-1-5-16-14(10)18(13)12(9)7-11/h1-8H. The Kier molecular flexibility index (Phi) is 1.73. The number of rotatable bonds is 0. The Morgan fingerprint density at radius 2 is 1.94 bits per heavy atom. The van der Waals surface area contributed by atoms with Crippen LogP contribution in [-0.4, -0.2) is 14.4 Å². The minimum absolute atomic E-state index is 0.254. The minimum atomic E-state index is -0.254. The predicted octanol–water partition coefficient (Wildman–Crippen LogP) is 3.17. The van der Waals surface area contributed by atoms with E-state index < -0.39 is 0 Å². The van der Waals surface area contributed by atoms with Gasteiger partial charge in [-0.05, 0) is 36.4 Å². The van der Waals surface area contributed by atoms with E-state index in [1.807, 2.05) is 22.6 Å². The number of hydrogen-bond acceptors (Lipinski definition) is 2. The first-order valence-electron chi connectivity index (χ1n) is 5.63. The van der Waals surface area contributed by atoms with Crippen LogP contribution in [0.4, 0.5) is 4.39 Å². The maximum absolute atomic E-state index is 13.4. The third-order valence-electron chi connectivity index (χ3n) is 3.11. The summed E-state index contributed by atoms with van der Waals surface area (Å²) in [6.45, 7) is 0. The summed E-state index contributed by atoms with van der Waals surface area (Å²) >= 11 is 0. The first-order valence-corrected chi connectivity index (χ1v) is 5.63. The molecule has 86 valence electrons. The lowest BCUT2D eigenvalue weighted by molar-refractivity contribution is 0.629. The molecule has 1 aromatic carbocycles. The number of benzene rings is 1. The van der Waals surface area contributed by atoms with Crippen LogP contribution in [0.3, 0.4) is 0 Å². The summed E-state index contributed by atoms with van der Waals surface area (Å²) in [6.07, 6.45) is 3.51. The molecule has 3 nitrogen and oxygen atoms in total. The highest BCUT2D eigenvalue weighted by Crippen LogP contribution is 2.23. The Morgan fingerprint density at radius 1 is 1.00 bits per heavy atom. The Bertz CT molecular complexity index is 895. The summed E-state index contributed by atoms with van der Waals surface area (Å²) in [5, 5.41) is 1.90. The molecule has 0 N–H and O–H groups in total. The Morgan fingerprint density at radius 3 is 2.89 bits per heavy atom. The number of fused-ring (bicyclic) bond motifs is 5. The Labute approximate surface area is 102 Å². The van der Waals surface area contributed by atoms with E-state index in [1.165, 1.54) is 12.1 Å². The van der Waals surface area contributed by atoms with Gasteiger partial charge in [-0.25, -0.2) is 14.4 Å². The molecule has 0 saturated heterocycles. The fourth-order valence-electron chi connectivity index (χ4n) is 2.31. The predicted molar refractivity (Wildman–Crippen MR) is 68.0 cm³/mol. The molecule has 4 rings (SSSR count). The second-order valence-corrected chi connectivity index (χ2v) is 4.22. The van der Waals surface area contributed by atoms with Gasteiger partial charge in [0.1, 0.15) is 17.1 Å². The average Bonchev–Trinajstić information content (AvgIpc) is 2.77. The van der Waals surface area contributed by atoms with Gasteiger partial charge >= 0.3 is 0 Å². The van der Waals surface area contributed by atoms with E-state index in [2.05, 4.69) is 9.97 Å². The fourth-order valence-corrected chi connectivity index (χ4v) is 2.31. The van der Waals surface area contributed by atoms with Crippen LogP contribution in [0.5, 0.6) is 0 Å². The Balaban J connectivity index is 2.35. The third-order valence-corrected chi connectivity index (χ3v) is 3.11. The van der Waals surface area contributed by atoms with Crippen molar-refractivity contribution in [1.82, 2.24) is 14.4 Å². The molecule has 18 heavy (non-hydrogen) atoms. The quantitative estimate of drug-likeness (QED) is 0.470. The molecule has 4 aromatic rings. The first-order chi connectivity index (χ1) is 8.83. The van der Waals surface area contributed by atoms with E-state index in [-0.39, 0.29) is 5.82 Å². The first kappa shape index (κ1) is 9.53. The maximum Gasteiger partial charge on any atom is 0.147 e. The molecule has 0 amide bonds. The molecule has 4 heteroatoms. The van der Waals surface area contributed by atoms with Crippen molar-refractivity contribution in [3.63, 3.8) is 0 Å². The van der Waals surface area contributed by atoms with Crippen molar-refractivity contribution in [3.05, 3.63) is 54.6 Å². The van der Waals surface area contributed by atoms with Crippen LogP contribution in [0.2, 0.25) is 0 Å². The Hall–Kier alpha value is -2.49. The number of nitrogens with zero attached hydrogens (tertiary/aromatic N) is 3. The van der Waals surface area contributed by atoms with E-state index >= 15 is 0 Å². The lowest BCUT2D eigenvalue weighted by Crippen LogP contribution is -1.92. The fraction of sp³-hybridized carbons (Fsp3) is 0. The molecule has 0 spiro atoms. The lowest BCUT2D eigenvalue weighted by atomic mass is 10.2. The summed E-state index contributed by atoms with van der Waals surface area (Å²) in [5.41, 5.74) is 2.37. The van der Waals surface area contributed by atoms with E-state index in [0.29, 0.717) is 0 Å². The molecule has 3 heterocycles. The summed E-state index contributed by atoms with van der Waals surface area (Å²) in [5.74, 6) is -0.254. The summed E-state index contributed by atoms with van der Waals surface area (Å²) in [6, 6.07) is 10.5. The van der Waals surface area contributed by atoms with Crippen LogP contribution in [-0.2, 0) is 0 Å². The van der Waals surface area contributed by atoms with Gasteiger partial charge in [0.25, 0.3) is 0 Å². The maximum atomic E-state index is 13.4. The lowest BCUT2D eigenvalue weighted by Gasteiger charge is -2.02.